The number of aliphatic hydroxyl groups excluding tert-OH is 1. The van der Waals surface area contributed by atoms with Crippen LogP contribution in [0.4, 0.5) is 8.78 Å². The van der Waals surface area contributed by atoms with Gasteiger partial charge in [-0.2, -0.15) is 0 Å². The largest absolute Gasteiger partial charge is 0.391 e. The van der Waals surface area contributed by atoms with Gasteiger partial charge in [0.25, 0.3) is 5.91 Å². The number of nitrogens with zero attached hydrogens (tertiary/aromatic N) is 3. The number of amides is 1. The van der Waals surface area contributed by atoms with Crippen molar-refractivity contribution >= 4 is 5.91 Å². The highest BCUT2D eigenvalue weighted by molar-refractivity contribution is 5.95. The number of aromatic nitrogens is 2. The summed E-state index contributed by atoms with van der Waals surface area (Å²) in [6, 6.07) is 8.96. The van der Waals surface area contributed by atoms with Crippen molar-refractivity contribution in [3.05, 3.63) is 83.9 Å². The summed E-state index contributed by atoms with van der Waals surface area (Å²) in [6.07, 6.45) is 5.77. The number of pyridine rings is 2. The Kier molecular flexibility index (Phi) is 5.31. The molecule has 0 unspecified atom stereocenters. The number of hydrogen-bond acceptors (Lipinski definition) is 4. The van der Waals surface area contributed by atoms with E-state index in [2.05, 4.69) is 9.97 Å². The summed E-state index contributed by atoms with van der Waals surface area (Å²) in [5.74, 6) is -1.73. The summed E-state index contributed by atoms with van der Waals surface area (Å²) in [6.45, 7) is 0.530. The Morgan fingerprint density at radius 3 is 2.59 bits per heavy atom. The number of likely N-dealkylation sites (tertiary alicyclic amines) is 1. The molecule has 2 atom stereocenters. The molecule has 1 saturated heterocycles. The Bertz CT molecular complexity index is 1030. The van der Waals surface area contributed by atoms with Crippen molar-refractivity contribution in [2.75, 3.05) is 13.1 Å². The number of benzene rings is 1. The van der Waals surface area contributed by atoms with Crippen molar-refractivity contribution < 1.29 is 18.7 Å². The third kappa shape index (κ3) is 4.14. The van der Waals surface area contributed by atoms with Gasteiger partial charge >= 0.3 is 0 Å². The number of rotatable bonds is 4. The number of halogens is 2. The molecule has 1 fully saturated rings. The van der Waals surface area contributed by atoms with Crippen molar-refractivity contribution in [3.63, 3.8) is 0 Å². The monoisotopic (exact) mass is 395 g/mol. The Morgan fingerprint density at radius 2 is 1.83 bits per heavy atom. The maximum absolute atomic E-state index is 14.2. The molecule has 5 nitrogen and oxygen atoms in total. The molecule has 1 aliphatic heterocycles. The molecule has 1 aromatic carbocycles. The third-order valence-corrected chi connectivity index (χ3v) is 5.17. The Morgan fingerprint density at radius 1 is 1.07 bits per heavy atom. The molecule has 0 aliphatic carbocycles. The lowest BCUT2D eigenvalue weighted by Gasteiger charge is -2.17. The Labute approximate surface area is 166 Å². The molecular formula is C22H19F2N3O2. The van der Waals surface area contributed by atoms with Crippen molar-refractivity contribution in [1.29, 1.82) is 0 Å². The quantitative estimate of drug-likeness (QED) is 0.737. The summed E-state index contributed by atoms with van der Waals surface area (Å²) in [5.41, 5.74) is 1.58. The van der Waals surface area contributed by atoms with E-state index in [4.69, 9.17) is 0 Å². The molecule has 0 radical (unpaired) electrons. The molecule has 3 heterocycles. The zero-order valence-electron chi connectivity index (χ0n) is 15.5. The lowest BCUT2D eigenvalue weighted by Crippen LogP contribution is -2.29. The minimum Gasteiger partial charge on any atom is -0.391 e. The van der Waals surface area contributed by atoms with Crippen LogP contribution in [0.25, 0.3) is 11.1 Å². The van der Waals surface area contributed by atoms with Gasteiger partial charge in [0.05, 0.1) is 12.3 Å². The minimum absolute atomic E-state index is 0.118. The van der Waals surface area contributed by atoms with Crippen molar-refractivity contribution in [3.8, 4) is 11.1 Å². The van der Waals surface area contributed by atoms with E-state index in [1.165, 1.54) is 29.3 Å². The second-order valence-corrected chi connectivity index (χ2v) is 7.18. The molecule has 4 rings (SSSR count). The number of carbonyl (C=O) groups excluding carboxylic acids is 1. The highest BCUT2D eigenvalue weighted by Crippen LogP contribution is 2.27. The van der Waals surface area contributed by atoms with Crippen LogP contribution in [0, 0.1) is 17.6 Å². The highest BCUT2D eigenvalue weighted by atomic mass is 19.1. The summed E-state index contributed by atoms with van der Waals surface area (Å²) in [4.78, 5) is 22.1. The lowest BCUT2D eigenvalue weighted by molar-refractivity contribution is 0.0764. The summed E-state index contributed by atoms with van der Waals surface area (Å²) in [7, 11) is 0. The van der Waals surface area contributed by atoms with Crippen LogP contribution in [-0.4, -0.2) is 45.1 Å². The average molecular weight is 395 g/mol. The van der Waals surface area contributed by atoms with Gasteiger partial charge in [0.1, 0.15) is 11.6 Å². The molecule has 2 aromatic heterocycles. The van der Waals surface area contributed by atoms with Gasteiger partial charge in [-0.25, -0.2) is 8.78 Å². The maximum Gasteiger partial charge on any atom is 0.254 e. The molecule has 148 valence electrons. The molecule has 7 heteroatoms. The van der Waals surface area contributed by atoms with Crippen molar-refractivity contribution in [2.24, 2.45) is 5.92 Å². The van der Waals surface area contributed by atoms with Crippen LogP contribution < -0.4 is 0 Å². The van der Waals surface area contributed by atoms with Crippen LogP contribution in [0.5, 0.6) is 0 Å². The van der Waals surface area contributed by atoms with Crippen LogP contribution in [0.2, 0.25) is 0 Å². The molecule has 1 aliphatic rings. The van der Waals surface area contributed by atoms with Gasteiger partial charge in [0.2, 0.25) is 0 Å². The zero-order valence-corrected chi connectivity index (χ0v) is 15.5. The van der Waals surface area contributed by atoms with Crippen LogP contribution in [-0.2, 0) is 6.42 Å². The molecule has 0 spiro atoms. The second kappa shape index (κ2) is 8.05. The first kappa shape index (κ1) is 19.1. The zero-order chi connectivity index (χ0) is 20.4. The smallest absolute Gasteiger partial charge is 0.254 e. The van der Waals surface area contributed by atoms with Gasteiger partial charge in [-0.3, -0.25) is 14.8 Å². The van der Waals surface area contributed by atoms with E-state index in [9.17, 15) is 18.7 Å². The first-order chi connectivity index (χ1) is 14.0. The summed E-state index contributed by atoms with van der Waals surface area (Å²) < 4.78 is 28.2. The van der Waals surface area contributed by atoms with Gasteiger partial charge in [0, 0.05) is 48.7 Å². The highest BCUT2D eigenvalue weighted by Gasteiger charge is 2.34. The van der Waals surface area contributed by atoms with E-state index in [-0.39, 0.29) is 29.2 Å². The van der Waals surface area contributed by atoms with E-state index in [0.29, 0.717) is 13.0 Å². The Hall–Kier alpha value is -3.19. The Balaban J connectivity index is 1.55. The summed E-state index contributed by atoms with van der Waals surface area (Å²) >= 11 is 0. The molecule has 3 aromatic rings. The first-order valence-corrected chi connectivity index (χ1v) is 9.28. The summed E-state index contributed by atoms with van der Waals surface area (Å²) in [5, 5.41) is 10.4. The number of aliphatic hydroxyl groups is 1. The second-order valence-electron chi connectivity index (χ2n) is 7.18. The molecular weight excluding hydrogens is 376 g/mol. The number of carbonyl (C=O) groups is 1. The topological polar surface area (TPSA) is 66.3 Å². The van der Waals surface area contributed by atoms with Crippen molar-refractivity contribution in [1.82, 2.24) is 14.9 Å². The van der Waals surface area contributed by atoms with Gasteiger partial charge in [-0.05, 0) is 53.9 Å². The van der Waals surface area contributed by atoms with Gasteiger partial charge in [-0.1, -0.05) is 0 Å². The number of hydrogen-bond donors (Lipinski definition) is 1. The first-order valence-electron chi connectivity index (χ1n) is 9.28. The number of β-amino-alcohol motifs (C(OH)–C–C–N with tert-alkyl or cyclic N) is 1. The molecule has 0 bridgehead atoms. The van der Waals surface area contributed by atoms with Crippen LogP contribution in [0.1, 0.15) is 15.9 Å². The molecule has 1 amide bonds. The molecule has 0 saturated carbocycles. The van der Waals surface area contributed by atoms with Gasteiger partial charge in [0.15, 0.2) is 0 Å². The minimum atomic E-state index is -0.669. The van der Waals surface area contributed by atoms with E-state index < -0.39 is 23.6 Å². The standard InChI is InChI=1S/C22H19F2N3O2/c23-18-9-15(19-3-6-26-11-20(19)24)8-16(10-18)22(29)27-12-17(21(28)13-27)7-14-1-4-25-5-2-14/h1-6,8-11,17,21,28H,7,12-13H2/t17-,21-/m1/s1. The molecule has 1 N–H and O–H groups in total. The van der Waals surface area contributed by atoms with Crippen molar-refractivity contribution in [2.45, 2.75) is 12.5 Å². The van der Waals surface area contributed by atoms with E-state index in [0.717, 1.165) is 17.8 Å². The van der Waals surface area contributed by atoms with E-state index in [1.807, 2.05) is 12.1 Å². The fourth-order valence-corrected chi connectivity index (χ4v) is 3.70. The fraction of sp³-hybridized carbons (Fsp3) is 0.227. The lowest BCUT2D eigenvalue weighted by atomic mass is 9.97. The molecule has 29 heavy (non-hydrogen) atoms. The fourth-order valence-electron chi connectivity index (χ4n) is 3.70. The average Bonchev–Trinajstić information content (AvgIpc) is 3.08. The van der Waals surface area contributed by atoms with Crippen LogP contribution >= 0.6 is 0 Å². The predicted octanol–water partition coefficient (Wildman–Crippen LogP) is 3.10. The maximum atomic E-state index is 14.2. The third-order valence-electron chi connectivity index (χ3n) is 5.17. The SMILES string of the molecule is O=C(c1cc(F)cc(-c2ccncc2F)c1)N1C[C@@H](Cc2ccncc2)[C@H](O)C1. The van der Waals surface area contributed by atoms with Crippen LogP contribution in [0.3, 0.4) is 0 Å². The predicted molar refractivity (Wildman–Crippen MR) is 103 cm³/mol. The van der Waals surface area contributed by atoms with E-state index >= 15 is 0 Å². The van der Waals surface area contributed by atoms with Crippen LogP contribution in [0.15, 0.2) is 61.2 Å². The van der Waals surface area contributed by atoms with E-state index in [1.54, 1.807) is 12.4 Å². The normalized spacial score (nSPS) is 18.8. The van der Waals surface area contributed by atoms with Gasteiger partial charge in [-0.15, -0.1) is 0 Å². The van der Waals surface area contributed by atoms with Gasteiger partial charge < -0.3 is 10.0 Å².